The maximum absolute atomic E-state index is 13.4. The SMILES string of the molecule is Cn1cc(C[C@H](NC(=O)OCC2c3ccccc3-c3ccccc32)C(=O)N[C@@H](CCC(=O)O)C(=O)O)c2ccccc21. The van der Waals surface area contributed by atoms with Crippen molar-refractivity contribution in [3.05, 3.63) is 95.7 Å². The van der Waals surface area contributed by atoms with Gasteiger partial charge >= 0.3 is 18.0 Å². The lowest BCUT2D eigenvalue weighted by molar-refractivity contribution is -0.143. The Morgan fingerprint density at radius 1 is 0.857 bits per heavy atom. The Morgan fingerprint density at radius 2 is 1.48 bits per heavy atom. The molecule has 10 heteroatoms. The number of hydrogen-bond donors (Lipinski definition) is 4. The van der Waals surface area contributed by atoms with Crippen LogP contribution in [0.25, 0.3) is 22.0 Å². The van der Waals surface area contributed by atoms with E-state index in [1.54, 1.807) is 0 Å². The van der Waals surface area contributed by atoms with Crippen molar-refractivity contribution < 1.29 is 34.1 Å². The normalized spacial score (nSPS) is 13.5. The Hall–Kier alpha value is -5.12. The van der Waals surface area contributed by atoms with E-state index < -0.39 is 42.4 Å². The molecule has 0 spiro atoms. The quantitative estimate of drug-likeness (QED) is 0.213. The lowest BCUT2D eigenvalue weighted by Gasteiger charge is -2.22. The van der Waals surface area contributed by atoms with Crippen molar-refractivity contribution in [3.8, 4) is 11.1 Å². The number of alkyl carbamates (subject to hydrolysis) is 1. The second kappa shape index (κ2) is 12.2. The minimum atomic E-state index is -1.44. The number of para-hydroxylation sites is 1. The Bertz CT molecular complexity index is 1620. The lowest BCUT2D eigenvalue weighted by Crippen LogP contribution is -2.52. The molecule has 216 valence electrons. The Morgan fingerprint density at radius 3 is 2.12 bits per heavy atom. The van der Waals surface area contributed by atoms with Crippen LogP contribution in [0.3, 0.4) is 0 Å². The Balaban J connectivity index is 1.34. The molecule has 1 aromatic heterocycles. The Labute approximate surface area is 241 Å². The van der Waals surface area contributed by atoms with E-state index >= 15 is 0 Å². The van der Waals surface area contributed by atoms with Crippen LogP contribution in [0.2, 0.25) is 0 Å². The molecule has 0 unspecified atom stereocenters. The molecule has 2 atom stereocenters. The highest BCUT2D eigenvalue weighted by molar-refractivity contribution is 5.91. The number of aromatic nitrogens is 1. The number of nitrogens with zero attached hydrogens (tertiary/aromatic N) is 1. The predicted molar refractivity (Wildman–Crippen MR) is 155 cm³/mol. The van der Waals surface area contributed by atoms with Gasteiger partial charge in [-0.25, -0.2) is 9.59 Å². The predicted octanol–water partition coefficient (Wildman–Crippen LogP) is 4.06. The van der Waals surface area contributed by atoms with Crippen LogP contribution < -0.4 is 10.6 Å². The van der Waals surface area contributed by atoms with Gasteiger partial charge in [0, 0.05) is 42.9 Å². The fraction of sp³-hybridized carbons (Fsp3) is 0.250. The van der Waals surface area contributed by atoms with E-state index in [2.05, 4.69) is 10.6 Å². The number of fused-ring (bicyclic) bond motifs is 4. The highest BCUT2D eigenvalue weighted by Crippen LogP contribution is 2.44. The summed E-state index contributed by atoms with van der Waals surface area (Å²) < 4.78 is 7.56. The minimum absolute atomic E-state index is 0.0405. The molecular weight excluding hydrogens is 538 g/mol. The van der Waals surface area contributed by atoms with Gasteiger partial charge in [-0.15, -0.1) is 0 Å². The molecular formula is C32H31N3O7. The van der Waals surface area contributed by atoms with Crippen LogP contribution in [0.1, 0.15) is 35.4 Å². The molecule has 5 rings (SSSR count). The van der Waals surface area contributed by atoms with Gasteiger partial charge in [0.1, 0.15) is 18.7 Å². The molecule has 1 aliphatic carbocycles. The van der Waals surface area contributed by atoms with E-state index in [1.165, 1.54) is 0 Å². The highest BCUT2D eigenvalue weighted by Gasteiger charge is 2.31. The molecule has 0 saturated heterocycles. The summed E-state index contributed by atoms with van der Waals surface area (Å²) in [6.07, 6.45) is 0.342. The van der Waals surface area contributed by atoms with E-state index in [1.807, 2.05) is 90.6 Å². The number of nitrogens with one attached hydrogen (secondary N) is 2. The number of carboxylic acids is 2. The second-order valence-electron chi connectivity index (χ2n) is 10.3. The van der Waals surface area contributed by atoms with Crippen LogP contribution in [-0.4, -0.2) is 57.4 Å². The Kier molecular flexibility index (Phi) is 8.24. The molecule has 3 aromatic carbocycles. The van der Waals surface area contributed by atoms with Crippen LogP contribution >= 0.6 is 0 Å². The molecule has 10 nitrogen and oxygen atoms in total. The lowest BCUT2D eigenvalue weighted by atomic mass is 9.98. The van der Waals surface area contributed by atoms with Crippen LogP contribution in [-0.2, 0) is 32.6 Å². The number of hydrogen-bond acceptors (Lipinski definition) is 5. The summed E-state index contributed by atoms with van der Waals surface area (Å²) in [6.45, 7) is 0.0405. The topological polar surface area (TPSA) is 147 Å². The van der Waals surface area contributed by atoms with Crippen molar-refractivity contribution in [2.45, 2.75) is 37.3 Å². The zero-order chi connectivity index (χ0) is 29.8. The van der Waals surface area contributed by atoms with Crippen molar-refractivity contribution in [2.24, 2.45) is 7.05 Å². The van der Waals surface area contributed by atoms with Gasteiger partial charge in [0.2, 0.25) is 5.91 Å². The summed E-state index contributed by atoms with van der Waals surface area (Å²) in [6, 6.07) is 20.8. The number of amides is 2. The molecule has 0 fully saturated rings. The fourth-order valence-corrected chi connectivity index (χ4v) is 5.60. The first-order valence-corrected chi connectivity index (χ1v) is 13.6. The van der Waals surface area contributed by atoms with Gasteiger partial charge in [-0.3, -0.25) is 9.59 Å². The fourth-order valence-electron chi connectivity index (χ4n) is 5.60. The third-order valence-corrected chi connectivity index (χ3v) is 7.62. The van der Waals surface area contributed by atoms with Gasteiger partial charge in [0.05, 0.1) is 0 Å². The van der Waals surface area contributed by atoms with Crippen molar-refractivity contribution in [3.63, 3.8) is 0 Å². The van der Waals surface area contributed by atoms with Crippen molar-refractivity contribution in [1.82, 2.24) is 15.2 Å². The number of carbonyl (C=O) groups is 4. The van der Waals surface area contributed by atoms with Gasteiger partial charge < -0.3 is 30.2 Å². The summed E-state index contributed by atoms with van der Waals surface area (Å²) in [5.41, 5.74) is 5.94. The smallest absolute Gasteiger partial charge is 0.407 e. The third kappa shape index (κ3) is 5.97. The number of aliphatic carboxylic acids is 2. The van der Waals surface area contributed by atoms with Crippen molar-refractivity contribution in [1.29, 1.82) is 0 Å². The first-order chi connectivity index (χ1) is 20.2. The van der Waals surface area contributed by atoms with E-state index in [9.17, 15) is 24.3 Å². The number of rotatable bonds is 11. The minimum Gasteiger partial charge on any atom is -0.481 e. The number of carboxylic acid groups (broad SMARTS) is 2. The van der Waals surface area contributed by atoms with Crippen molar-refractivity contribution in [2.75, 3.05) is 6.61 Å². The van der Waals surface area contributed by atoms with Gasteiger partial charge in [-0.05, 0) is 40.3 Å². The number of benzene rings is 3. The molecule has 1 aliphatic rings. The van der Waals surface area contributed by atoms with Crippen LogP contribution in [0, 0.1) is 0 Å². The molecule has 4 aromatic rings. The maximum atomic E-state index is 13.4. The summed E-state index contributed by atoms with van der Waals surface area (Å²) in [5.74, 6) is -3.48. The molecule has 0 radical (unpaired) electrons. The summed E-state index contributed by atoms with van der Waals surface area (Å²) in [5, 5.41) is 24.5. The van der Waals surface area contributed by atoms with E-state index in [0.717, 1.165) is 38.7 Å². The van der Waals surface area contributed by atoms with Crippen LogP contribution in [0.5, 0.6) is 0 Å². The molecule has 4 N–H and O–H groups in total. The number of carbonyl (C=O) groups excluding carboxylic acids is 2. The third-order valence-electron chi connectivity index (χ3n) is 7.62. The summed E-state index contributed by atoms with van der Waals surface area (Å²) >= 11 is 0. The van der Waals surface area contributed by atoms with E-state index in [-0.39, 0.29) is 25.4 Å². The summed E-state index contributed by atoms with van der Waals surface area (Å²) in [4.78, 5) is 49.3. The molecule has 0 bridgehead atoms. The zero-order valence-corrected chi connectivity index (χ0v) is 22.9. The van der Waals surface area contributed by atoms with Crippen molar-refractivity contribution >= 4 is 34.8 Å². The van der Waals surface area contributed by atoms with Crippen LogP contribution in [0.4, 0.5) is 4.79 Å². The monoisotopic (exact) mass is 569 g/mol. The largest absolute Gasteiger partial charge is 0.481 e. The standard InChI is InChI=1S/C32H31N3O7/c1-35-17-19(20-8-6-7-13-28(20)35)16-27(30(38)33-26(31(39)40)14-15-29(36)37)34-32(41)42-18-25-23-11-4-2-9-21(23)22-10-3-5-12-24(22)25/h2-13,17,25-27H,14-16,18H2,1H3,(H,33,38)(H,34,41)(H,36,37)(H,39,40)/t26-,27-/m0/s1. The molecule has 0 aliphatic heterocycles. The molecule has 0 saturated carbocycles. The van der Waals surface area contributed by atoms with Gasteiger partial charge in [0.25, 0.3) is 0 Å². The highest BCUT2D eigenvalue weighted by atomic mass is 16.5. The van der Waals surface area contributed by atoms with E-state index in [0.29, 0.717) is 0 Å². The second-order valence-corrected chi connectivity index (χ2v) is 10.3. The van der Waals surface area contributed by atoms with Gasteiger partial charge in [-0.1, -0.05) is 66.7 Å². The average Bonchev–Trinajstić information content (AvgIpc) is 3.47. The first-order valence-electron chi connectivity index (χ1n) is 13.6. The first kappa shape index (κ1) is 28.4. The van der Waals surface area contributed by atoms with Gasteiger partial charge in [0.15, 0.2) is 0 Å². The van der Waals surface area contributed by atoms with E-state index in [4.69, 9.17) is 9.84 Å². The van der Waals surface area contributed by atoms with Gasteiger partial charge in [-0.2, -0.15) is 0 Å². The zero-order valence-electron chi connectivity index (χ0n) is 22.9. The molecule has 42 heavy (non-hydrogen) atoms. The molecule has 1 heterocycles. The molecule has 2 amide bonds. The maximum Gasteiger partial charge on any atom is 0.407 e. The summed E-state index contributed by atoms with van der Waals surface area (Å²) in [7, 11) is 1.87. The van der Waals surface area contributed by atoms with Crippen LogP contribution in [0.15, 0.2) is 79.0 Å². The average molecular weight is 570 g/mol. The number of aryl methyl sites for hydroxylation is 1. The number of ether oxygens (including phenoxy) is 1.